The van der Waals surface area contributed by atoms with Crippen LogP contribution in [0.1, 0.15) is 11.1 Å². The summed E-state index contributed by atoms with van der Waals surface area (Å²) in [6.45, 7) is 0. The molecule has 3 aromatic rings. The number of fused-ring (bicyclic) bond motifs is 1. The fourth-order valence-corrected chi connectivity index (χ4v) is 3.51. The van der Waals surface area contributed by atoms with Crippen molar-refractivity contribution in [3.05, 3.63) is 98.2 Å². The summed E-state index contributed by atoms with van der Waals surface area (Å²) in [5.74, 6) is -2.11. The van der Waals surface area contributed by atoms with Gasteiger partial charge in [-0.15, -0.1) is 0 Å². The molecule has 0 radical (unpaired) electrons. The Morgan fingerprint density at radius 2 is 1.69 bits per heavy atom. The fraction of sp³-hybridized carbons (Fsp3) is 0.0800. The molecule has 0 aliphatic carbocycles. The summed E-state index contributed by atoms with van der Waals surface area (Å²) in [7, 11) is 2.56. The summed E-state index contributed by atoms with van der Waals surface area (Å²) in [4.78, 5) is 63.1. The number of barbiturate groups is 1. The van der Waals surface area contributed by atoms with Gasteiger partial charge in [0.05, 0.1) is 0 Å². The maximum absolute atomic E-state index is 12.4. The van der Waals surface area contributed by atoms with Gasteiger partial charge in [-0.1, -0.05) is 48.6 Å². The van der Waals surface area contributed by atoms with Gasteiger partial charge in [0.15, 0.2) is 0 Å². The van der Waals surface area contributed by atoms with Crippen LogP contribution < -0.4 is 16.6 Å². The van der Waals surface area contributed by atoms with Crippen molar-refractivity contribution in [2.24, 2.45) is 7.05 Å². The number of aromatic amines is 1. The molecule has 1 aromatic heterocycles. The zero-order valence-corrected chi connectivity index (χ0v) is 18.7. The number of rotatable bonds is 4. The van der Waals surface area contributed by atoms with Gasteiger partial charge in [0.2, 0.25) is 5.88 Å². The molecule has 0 atom stereocenters. The zero-order valence-electron chi connectivity index (χ0n) is 18.7. The van der Waals surface area contributed by atoms with Crippen LogP contribution in [0.2, 0.25) is 0 Å². The number of likely N-dealkylation sites (N-methyl/N-ethyl adjacent to an activating group) is 1. The van der Waals surface area contributed by atoms with Crippen LogP contribution in [0.4, 0.5) is 4.79 Å². The normalized spacial score (nSPS) is 15.9. The van der Waals surface area contributed by atoms with Crippen molar-refractivity contribution in [3.63, 3.8) is 0 Å². The lowest BCUT2D eigenvalue weighted by Crippen LogP contribution is -2.52. The van der Waals surface area contributed by atoms with Gasteiger partial charge in [-0.05, 0) is 40.1 Å². The molecule has 0 bridgehead atoms. The Bertz CT molecular complexity index is 1610. The number of imide groups is 2. The number of benzene rings is 2. The molecular weight excluding hydrogens is 452 g/mol. The molecule has 176 valence electrons. The number of aromatic hydroxyl groups is 1. The number of H-pyrrole nitrogens is 1. The van der Waals surface area contributed by atoms with E-state index < -0.39 is 35.0 Å². The van der Waals surface area contributed by atoms with E-state index in [9.17, 15) is 29.1 Å². The molecule has 4 amide bonds. The molecule has 2 aromatic carbocycles. The standard InChI is InChI=1S/C25H20N4O6/c1-28-22(32)18(20(30)26-24(28)34)11-9-15(17-8-7-14-5-3-4-6-16(14)13-17)10-12-19-21(31)27-25(35)29(2)23(19)33/h3-13,32H,1-2H3,(H,26,30,34)(H,27,31,35). The van der Waals surface area contributed by atoms with E-state index >= 15 is 0 Å². The van der Waals surface area contributed by atoms with Crippen molar-refractivity contribution in [2.45, 2.75) is 0 Å². The first-order chi connectivity index (χ1) is 16.7. The van der Waals surface area contributed by atoms with E-state index in [-0.39, 0.29) is 11.1 Å². The van der Waals surface area contributed by atoms with Crippen LogP contribution in [0.25, 0.3) is 22.4 Å². The molecule has 0 unspecified atom stereocenters. The van der Waals surface area contributed by atoms with Crippen molar-refractivity contribution in [1.82, 2.24) is 19.8 Å². The Balaban J connectivity index is 1.85. The van der Waals surface area contributed by atoms with Crippen LogP contribution in [0.5, 0.6) is 5.88 Å². The van der Waals surface area contributed by atoms with E-state index in [1.54, 1.807) is 0 Å². The molecule has 10 heteroatoms. The summed E-state index contributed by atoms with van der Waals surface area (Å²) in [6, 6.07) is 12.4. The number of urea groups is 1. The zero-order chi connectivity index (χ0) is 25.3. The average Bonchev–Trinajstić information content (AvgIpc) is 2.84. The third-order valence-corrected chi connectivity index (χ3v) is 5.58. The number of allylic oxidation sites excluding steroid dienone is 4. The Morgan fingerprint density at radius 1 is 0.971 bits per heavy atom. The number of carbonyl (C=O) groups excluding carboxylic acids is 3. The highest BCUT2D eigenvalue weighted by atomic mass is 16.3. The molecule has 1 saturated heterocycles. The smallest absolute Gasteiger partial charge is 0.331 e. The van der Waals surface area contributed by atoms with E-state index in [4.69, 9.17) is 0 Å². The predicted molar refractivity (Wildman–Crippen MR) is 129 cm³/mol. The number of carbonyl (C=O) groups is 3. The Labute approximate surface area is 198 Å². The summed E-state index contributed by atoms with van der Waals surface area (Å²) < 4.78 is 0.889. The lowest BCUT2D eigenvalue weighted by molar-refractivity contribution is -0.129. The monoisotopic (exact) mass is 472 g/mol. The second-order valence-corrected chi connectivity index (χ2v) is 7.78. The largest absolute Gasteiger partial charge is 0.494 e. The minimum atomic E-state index is -0.830. The molecule has 1 fully saturated rings. The SMILES string of the molecule is CN1C(=O)NC(=O)C(=CC=C(C=Cc2c(O)n(C)c(=O)[nH]c2=O)c2ccc3ccccc3c2)C1=O. The van der Waals surface area contributed by atoms with E-state index in [1.807, 2.05) is 42.5 Å². The second-order valence-electron chi connectivity index (χ2n) is 7.78. The maximum Gasteiger partial charge on any atom is 0.331 e. The van der Waals surface area contributed by atoms with Gasteiger partial charge in [0.25, 0.3) is 17.4 Å². The van der Waals surface area contributed by atoms with Crippen LogP contribution in [-0.4, -0.2) is 44.5 Å². The summed E-state index contributed by atoms with van der Waals surface area (Å²) in [5.41, 5.74) is -0.772. The number of amides is 4. The Morgan fingerprint density at radius 3 is 2.43 bits per heavy atom. The number of nitrogens with zero attached hydrogens (tertiary/aromatic N) is 2. The van der Waals surface area contributed by atoms with Crippen molar-refractivity contribution >= 4 is 40.3 Å². The van der Waals surface area contributed by atoms with Crippen molar-refractivity contribution in [3.8, 4) is 5.88 Å². The van der Waals surface area contributed by atoms with Crippen molar-refractivity contribution < 1.29 is 19.5 Å². The molecule has 3 N–H and O–H groups in total. The van der Waals surface area contributed by atoms with Crippen LogP contribution >= 0.6 is 0 Å². The Hall–Kier alpha value is -4.99. The van der Waals surface area contributed by atoms with Gasteiger partial charge in [-0.2, -0.15) is 0 Å². The van der Waals surface area contributed by atoms with Gasteiger partial charge in [-0.3, -0.25) is 34.2 Å². The lowest BCUT2D eigenvalue weighted by Gasteiger charge is -2.22. The molecule has 0 saturated carbocycles. The maximum atomic E-state index is 12.4. The summed E-state index contributed by atoms with van der Waals surface area (Å²) >= 11 is 0. The molecular formula is C25H20N4O6. The van der Waals surface area contributed by atoms with E-state index in [0.29, 0.717) is 11.1 Å². The highest BCUT2D eigenvalue weighted by molar-refractivity contribution is 6.28. The second kappa shape index (κ2) is 9.10. The van der Waals surface area contributed by atoms with Crippen LogP contribution in [-0.2, 0) is 16.6 Å². The van der Waals surface area contributed by atoms with Gasteiger partial charge < -0.3 is 5.11 Å². The van der Waals surface area contributed by atoms with Gasteiger partial charge >= 0.3 is 11.7 Å². The predicted octanol–water partition coefficient (Wildman–Crippen LogP) is 1.66. The molecule has 0 spiro atoms. The van der Waals surface area contributed by atoms with Gasteiger partial charge in [0, 0.05) is 14.1 Å². The number of hydrogen-bond acceptors (Lipinski definition) is 6. The third-order valence-electron chi connectivity index (χ3n) is 5.58. The average molecular weight is 472 g/mol. The summed E-state index contributed by atoms with van der Waals surface area (Å²) in [5, 5.41) is 14.3. The van der Waals surface area contributed by atoms with E-state index in [0.717, 1.165) is 20.2 Å². The van der Waals surface area contributed by atoms with E-state index in [2.05, 4.69) is 10.3 Å². The van der Waals surface area contributed by atoms with Crippen LogP contribution in [0.15, 0.2) is 75.9 Å². The third kappa shape index (κ3) is 4.44. The first kappa shape index (κ1) is 23.2. The highest BCUT2D eigenvalue weighted by Gasteiger charge is 2.32. The molecule has 4 rings (SSSR count). The number of aromatic nitrogens is 2. The highest BCUT2D eigenvalue weighted by Crippen LogP contribution is 2.24. The quantitative estimate of drug-likeness (QED) is 0.300. The fourth-order valence-electron chi connectivity index (χ4n) is 3.51. The number of hydrogen-bond donors (Lipinski definition) is 3. The van der Waals surface area contributed by atoms with Crippen LogP contribution in [0.3, 0.4) is 0 Å². The first-order valence-corrected chi connectivity index (χ1v) is 10.4. The van der Waals surface area contributed by atoms with E-state index in [1.165, 1.54) is 38.4 Å². The minimum absolute atomic E-state index is 0.150. The lowest BCUT2D eigenvalue weighted by atomic mass is 9.99. The van der Waals surface area contributed by atoms with Crippen LogP contribution in [0, 0.1) is 0 Å². The van der Waals surface area contributed by atoms with Crippen molar-refractivity contribution in [2.75, 3.05) is 7.05 Å². The molecule has 2 heterocycles. The molecule has 1 aliphatic rings. The molecule has 10 nitrogen and oxygen atoms in total. The minimum Gasteiger partial charge on any atom is -0.494 e. The Kier molecular flexibility index (Phi) is 6.03. The molecule has 35 heavy (non-hydrogen) atoms. The first-order valence-electron chi connectivity index (χ1n) is 10.4. The topological polar surface area (TPSA) is 142 Å². The van der Waals surface area contributed by atoms with Gasteiger partial charge in [0.1, 0.15) is 11.1 Å². The number of nitrogens with one attached hydrogen (secondary N) is 2. The van der Waals surface area contributed by atoms with Gasteiger partial charge in [-0.25, -0.2) is 9.59 Å². The molecule has 1 aliphatic heterocycles. The summed E-state index contributed by atoms with van der Waals surface area (Å²) in [6.07, 6.45) is 5.60. The van der Waals surface area contributed by atoms with Crippen molar-refractivity contribution in [1.29, 1.82) is 0 Å².